The Hall–Kier alpha value is -0.670. The van der Waals surface area contributed by atoms with Gasteiger partial charge in [0.25, 0.3) is 0 Å². The summed E-state index contributed by atoms with van der Waals surface area (Å²) < 4.78 is 25.2. The molecule has 0 fully saturated rings. The first-order valence-electron chi connectivity index (χ1n) is 1.42. The van der Waals surface area contributed by atoms with Crippen molar-refractivity contribution < 1.29 is 18.3 Å². The molecule has 0 amide bonds. The quantitative estimate of drug-likeness (QED) is 0.460. The van der Waals surface area contributed by atoms with Gasteiger partial charge in [0.05, 0.1) is 0 Å². The normalized spacial score (nSPS) is 9.14. The van der Waals surface area contributed by atoms with Gasteiger partial charge in [0, 0.05) is 0 Å². The van der Waals surface area contributed by atoms with Crippen LogP contribution in [0.2, 0.25) is 0 Å². The van der Waals surface area contributed by atoms with Crippen LogP contribution in [0.5, 0.6) is 0 Å². The zero-order valence-corrected chi connectivity index (χ0v) is 3.36. The minimum Gasteiger partial charge on any atom is -0.458 e. The summed E-state index contributed by atoms with van der Waals surface area (Å²) in [6.45, 7) is 0. The van der Waals surface area contributed by atoms with E-state index in [1.807, 2.05) is 0 Å². The smallest absolute Gasteiger partial charge is 0.373 e. The lowest BCUT2D eigenvalue weighted by Gasteiger charge is -1.91. The fraction of sp³-hybridized carbons (Fsp3) is 0.333. The predicted molar refractivity (Wildman–Crippen MR) is 17.5 cm³/mol. The van der Waals surface area contributed by atoms with Crippen LogP contribution >= 0.6 is 0 Å². The predicted octanol–water partition coefficient (Wildman–Crippen LogP) is 0.586. The van der Waals surface area contributed by atoms with Crippen molar-refractivity contribution in [1.82, 2.24) is 0 Å². The molecule has 0 N–H and O–H groups in total. The van der Waals surface area contributed by atoms with E-state index < -0.39 is 12.4 Å². The fourth-order valence-electron chi connectivity index (χ4n) is 0.0630. The highest BCUT2D eigenvalue weighted by molar-refractivity contribution is 5.72. The molecule has 0 aliphatic carbocycles. The van der Waals surface area contributed by atoms with Crippen LogP contribution < -0.4 is 0 Å². The molecule has 0 aliphatic heterocycles. The molecule has 0 aromatic rings. The van der Waals surface area contributed by atoms with Gasteiger partial charge in [-0.2, -0.15) is 8.78 Å². The Morgan fingerprint density at radius 2 is 2.14 bits per heavy atom. The summed E-state index contributed by atoms with van der Waals surface area (Å²) in [7, 11) is 2.48. The van der Waals surface area contributed by atoms with Gasteiger partial charge in [-0.15, -0.1) is 0 Å². The van der Waals surface area contributed by atoms with Crippen LogP contribution in [0.1, 0.15) is 0 Å². The summed E-state index contributed by atoms with van der Waals surface area (Å²) in [5.74, 6) is -1.60. The maximum absolute atomic E-state index is 10.9. The van der Waals surface area contributed by atoms with Crippen molar-refractivity contribution in [3.05, 3.63) is 7.11 Å². The number of alkyl halides is 2. The maximum atomic E-state index is 10.9. The average Bonchev–Trinajstić information content (AvgIpc) is 1.65. The van der Waals surface area contributed by atoms with E-state index in [0.29, 0.717) is 0 Å². The molecular formula is C3H3F2O2. The van der Waals surface area contributed by atoms with Crippen molar-refractivity contribution in [3.8, 4) is 0 Å². The van der Waals surface area contributed by atoms with Crippen LogP contribution in [0.15, 0.2) is 0 Å². The van der Waals surface area contributed by atoms with E-state index in [4.69, 9.17) is 0 Å². The van der Waals surface area contributed by atoms with Crippen molar-refractivity contribution in [2.75, 3.05) is 0 Å². The molecule has 0 saturated carbocycles. The van der Waals surface area contributed by atoms with Crippen molar-refractivity contribution >= 4 is 5.97 Å². The Morgan fingerprint density at radius 1 is 1.71 bits per heavy atom. The van der Waals surface area contributed by atoms with E-state index in [1.165, 1.54) is 0 Å². The third-order valence-electron chi connectivity index (χ3n) is 0.320. The third-order valence-corrected chi connectivity index (χ3v) is 0.320. The van der Waals surface area contributed by atoms with Gasteiger partial charge in [-0.25, -0.2) is 4.79 Å². The Labute approximate surface area is 39.1 Å². The topological polar surface area (TPSA) is 26.3 Å². The number of rotatable bonds is 1. The first kappa shape index (κ1) is 6.33. The molecule has 0 atom stereocenters. The number of esters is 1. The number of hydrogen-bond donors (Lipinski definition) is 0. The molecule has 0 spiro atoms. The largest absolute Gasteiger partial charge is 0.458 e. The molecular weight excluding hydrogens is 106 g/mol. The molecule has 0 saturated heterocycles. The lowest BCUT2D eigenvalue weighted by Crippen LogP contribution is -2.09. The molecule has 0 aliphatic rings. The lowest BCUT2D eigenvalue weighted by molar-refractivity contribution is -0.150. The van der Waals surface area contributed by atoms with Gasteiger partial charge < -0.3 is 4.74 Å². The van der Waals surface area contributed by atoms with Crippen LogP contribution in [0, 0.1) is 7.11 Å². The van der Waals surface area contributed by atoms with Crippen molar-refractivity contribution in [1.29, 1.82) is 0 Å². The van der Waals surface area contributed by atoms with Gasteiger partial charge in [-0.05, 0) is 0 Å². The van der Waals surface area contributed by atoms with E-state index in [0.717, 1.165) is 0 Å². The minimum atomic E-state index is -3.06. The van der Waals surface area contributed by atoms with Crippen LogP contribution in [0.25, 0.3) is 0 Å². The minimum absolute atomic E-state index is 1.60. The Kier molecular flexibility index (Phi) is 2.26. The molecule has 4 heteroatoms. The van der Waals surface area contributed by atoms with Gasteiger partial charge >= 0.3 is 12.4 Å². The molecule has 0 bridgehead atoms. The molecule has 0 heterocycles. The molecule has 1 radical (unpaired) electrons. The summed E-state index contributed by atoms with van der Waals surface area (Å²) >= 11 is 0. The van der Waals surface area contributed by atoms with Gasteiger partial charge in [-0.1, -0.05) is 0 Å². The third kappa shape index (κ3) is 2.08. The molecule has 0 rings (SSSR count). The second-order valence-corrected chi connectivity index (χ2v) is 0.764. The van der Waals surface area contributed by atoms with Gasteiger partial charge in [0.15, 0.2) is 0 Å². The summed E-state index contributed by atoms with van der Waals surface area (Å²) in [5, 5.41) is 0. The second kappa shape index (κ2) is 2.49. The highest BCUT2D eigenvalue weighted by Crippen LogP contribution is 1.92. The summed E-state index contributed by atoms with van der Waals surface area (Å²) in [6.07, 6.45) is -3.06. The molecule has 41 valence electrons. The Bertz CT molecular complexity index is 71.3. The summed E-state index contributed by atoms with van der Waals surface area (Å²) in [4.78, 5) is 9.48. The second-order valence-electron chi connectivity index (χ2n) is 0.764. The van der Waals surface area contributed by atoms with Crippen molar-refractivity contribution in [2.45, 2.75) is 6.43 Å². The molecule has 0 unspecified atom stereocenters. The molecule has 0 aromatic heterocycles. The van der Waals surface area contributed by atoms with Crippen molar-refractivity contribution in [3.63, 3.8) is 0 Å². The summed E-state index contributed by atoms with van der Waals surface area (Å²) in [6, 6.07) is 0. The van der Waals surface area contributed by atoms with Crippen LogP contribution in [-0.4, -0.2) is 12.4 Å². The molecule has 7 heavy (non-hydrogen) atoms. The average molecular weight is 109 g/mol. The SMILES string of the molecule is [CH2]OC(=O)C(F)F. The standard InChI is InChI=1S/C3H3F2O2/c1-7-3(6)2(4)5/h2H,1H2. The van der Waals surface area contributed by atoms with Crippen molar-refractivity contribution in [2.24, 2.45) is 0 Å². The van der Waals surface area contributed by atoms with E-state index in [1.54, 1.807) is 0 Å². The number of hydrogen-bond acceptors (Lipinski definition) is 2. The molecule has 0 aromatic carbocycles. The first-order valence-corrected chi connectivity index (χ1v) is 1.42. The monoisotopic (exact) mass is 109 g/mol. The number of carbonyl (C=O) groups excluding carboxylic acids is 1. The van der Waals surface area contributed by atoms with Gasteiger partial charge in [0.2, 0.25) is 0 Å². The van der Waals surface area contributed by atoms with Gasteiger partial charge in [-0.3, -0.25) is 0 Å². The Balaban J connectivity index is 3.35. The van der Waals surface area contributed by atoms with E-state index in [9.17, 15) is 13.6 Å². The van der Waals surface area contributed by atoms with Crippen LogP contribution in [0.4, 0.5) is 8.78 Å². The van der Waals surface area contributed by atoms with Crippen LogP contribution in [-0.2, 0) is 9.53 Å². The lowest BCUT2D eigenvalue weighted by atomic mass is 10.7. The fourth-order valence-corrected chi connectivity index (χ4v) is 0.0630. The first-order chi connectivity index (χ1) is 3.18. The van der Waals surface area contributed by atoms with Gasteiger partial charge in [0.1, 0.15) is 7.11 Å². The van der Waals surface area contributed by atoms with E-state index in [-0.39, 0.29) is 0 Å². The number of carbonyl (C=O) groups is 1. The Morgan fingerprint density at radius 3 is 2.14 bits per heavy atom. The number of halogens is 2. The summed E-state index contributed by atoms with van der Waals surface area (Å²) in [5.41, 5.74) is 0. The van der Waals surface area contributed by atoms with E-state index in [2.05, 4.69) is 11.8 Å². The molecule has 2 nitrogen and oxygen atoms in total. The number of ether oxygens (including phenoxy) is 1. The maximum Gasteiger partial charge on any atom is 0.373 e. The zero-order valence-electron chi connectivity index (χ0n) is 3.36. The van der Waals surface area contributed by atoms with Crippen LogP contribution in [0.3, 0.4) is 0 Å². The highest BCUT2D eigenvalue weighted by Gasteiger charge is 2.13. The zero-order chi connectivity index (χ0) is 5.86. The highest BCUT2D eigenvalue weighted by atomic mass is 19.3. The van der Waals surface area contributed by atoms with E-state index >= 15 is 0 Å².